The summed E-state index contributed by atoms with van der Waals surface area (Å²) in [7, 11) is 0. The van der Waals surface area contributed by atoms with E-state index in [1.54, 1.807) is 11.0 Å². The fourth-order valence-corrected chi connectivity index (χ4v) is 3.26. The number of aromatic nitrogens is 8. The summed E-state index contributed by atoms with van der Waals surface area (Å²) in [6, 6.07) is 8.10. The maximum absolute atomic E-state index is 4.41. The second-order valence-electron chi connectivity index (χ2n) is 6.16. The van der Waals surface area contributed by atoms with Crippen LogP contribution in [0, 0.1) is 0 Å². The highest BCUT2D eigenvalue weighted by Gasteiger charge is 2.27. The molecule has 5 aromatic rings. The van der Waals surface area contributed by atoms with Crippen molar-refractivity contribution in [2.24, 2.45) is 0 Å². The van der Waals surface area contributed by atoms with Crippen molar-refractivity contribution in [1.29, 1.82) is 0 Å². The van der Waals surface area contributed by atoms with Gasteiger partial charge in [-0.3, -0.25) is 4.40 Å². The Bertz CT molecular complexity index is 1220. The van der Waals surface area contributed by atoms with E-state index in [1.807, 2.05) is 39.4 Å². The summed E-state index contributed by atoms with van der Waals surface area (Å²) in [5, 5.41) is 18.3. The van der Waals surface area contributed by atoms with Gasteiger partial charge in [0.05, 0.1) is 23.6 Å². The van der Waals surface area contributed by atoms with Crippen molar-refractivity contribution in [1.82, 2.24) is 39.0 Å². The van der Waals surface area contributed by atoms with E-state index in [0.29, 0.717) is 11.9 Å². The average molecular weight is 316 g/mol. The smallest absolute Gasteiger partial charge is 0.259 e. The van der Waals surface area contributed by atoms with E-state index in [9.17, 15) is 0 Å². The zero-order valence-corrected chi connectivity index (χ0v) is 12.6. The van der Waals surface area contributed by atoms with Crippen molar-refractivity contribution in [3.8, 4) is 5.95 Å². The summed E-state index contributed by atoms with van der Waals surface area (Å²) in [5.74, 6) is 1.18. The van der Waals surface area contributed by atoms with Gasteiger partial charge in [0.25, 0.3) is 5.95 Å². The largest absolute Gasteiger partial charge is 0.284 e. The third-order valence-corrected chi connectivity index (χ3v) is 4.61. The average Bonchev–Trinajstić information content (AvgIpc) is 3.05. The normalized spacial score (nSPS) is 15.0. The van der Waals surface area contributed by atoms with Crippen molar-refractivity contribution in [2.75, 3.05) is 0 Å². The van der Waals surface area contributed by atoms with Gasteiger partial charge in [0.2, 0.25) is 0 Å². The van der Waals surface area contributed by atoms with Crippen LogP contribution in [0.5, 0.6) is 0 Å². The Balaban J connectivity index is 1.73. The Hall–Kier alpha value is -3.29. The van der Waals surface area contributed by atoms with Crippen molar-refractivity contribution >= 4 is 22.2 Å². The molecule has 116 valence electrons. The Labute approximate surface area is 135 Å². The van der Waals surface area contributed by atoms with Gasteiger partial charge in [-0.1, -0.05) is 17.3 Å². The Morgan fingerprint density at radius 1 is 1.04 bits per heavy atom. The van der Waals surface area contributed by atoms with Crippen molar-refractivity contribution in [3.05, 3.63) is 48.7 Å². The highest BCUT2D eigenvalue weighted by Crippen LogP contribution is 2.38. The zero-order chi connectivity index (χ0) is 15.7. The molecule has 1 fully saturated rings. The predicted molar refractivity (Wildman–Crippen MR) is 86.1 cm³/mol. The summed E-state index contributed by atoms with van der Waals surface area (Å²) in [6.45, 7) is 0. The number of hydrogen-bond donors (Lipinski definition) is 0. The molecule has 0 amide bonds. The lowest BCUT2D eigenvalue weighted by Crippen LogP contribution is -2.04. The van der Waals surface area contributed by atoms with Gasteiger partial charge in [0.15, 0.2) is 5.65 Å². The fourth-order valence-electron chi connectivity index (χ4n) is 3.26. The number of fused-ring (bicyclic) bond motifs is 6. The number of benzene rings is 1. The second-order valence-corrected chi connectivity index (χ2v) is 6.16. The van der Waals surface area contributed by atoms with Gasteiger partial charge in [-0.25, -0.2) is 9.38 Å². The van der Waals surface area contributed by atoms with Gasteiger partial charge in [0.1, 0.15) is 12.0 Å². The van der Waals surface area contributed by atoms with Crippen LogP contribution in [0.4, 0.5) is 0 Å². The minimum atomic E-state index is 0.550. The van der Waals surface area contributed by atoms with Crippen molar-refractivity contribution in [3.63, 3.8) is 0 Å². The molecular weight excluding hydrogens is 304 g/mol. The molecule has 6 rings (SSSR count). The van der Waals surface area contributed by atoms with Crippen LogP contribution in [0.25, 0.3) is 28.1 Å². The van der Waals surface area contributed by atoms with Gasteiger partial charge < -0.3 is 0 Å². The minimum absolute atomic E-state index is 0.550. The summed E-state index contributed by atoms with van der Waals surface area (Å²) >= 11 is 0. The first-order chi connectivity index (χ1) is 11.9. The quantitative estimate of drug-likeness (QED) is 0.498. The molecule has 0 atom stereocenters. The molecule has 1 aliphatic rings. The third kappa shape index (κ3) is 1.49. The van der Waals surface area contributed by atoms with Crippen LogP contribution >= 0.6 is 0 Å². The van der Waals surface area contributed by atoms with Crippen LogP contribution in [-0.4, -0.2) is 39.0 Å². The molecule has 4 heterocycles. The summed E-state index contributed by atoms with van der Waals surface area (Å²) in [6.07, 6.45) is 7.95. The number of rotatable bonds is 2. The molecule has 0 radical (unpaired) electrons. The highest BCUT2D eigenvalue weighted by atomic mass is 15.5. The Morgan fingerprint density at radius 3 is 2.88 bits per heavy atom. The topological polar surface area (TPSA) is 78.2 Å². The molecule has 0 unspecified atom stereocenters. The number of hydrogen-bond acceptors (Lipinski definition) is 5. The summed E-state index contributed by atoms with van der Waals surface area (Å²) in [4.78, 5) is 4.30. The monoisotopic (exact) mass is 316 g/mol. The fraction of sp³-hybridized carbons (Fsp3) is 0.188. The first kappa shape index (κ1) is 12.2. The minimum Gasteiger partial charge on any atom is -0.284 e. The van der Waals surface area contributed by atoms with Gasteiger partial charge in [-0.15, -0.1) is 15.3 Å². The van der Waals surface area contributed by atoms with E-state index in [4.69, 9.17) is 0 Å². The molecule has 4 aromatic heterocycles. The maximum atomic E-state index is 4.41. The number of nitrogens with zero attached hydrogens (tertiary/aromatic N) is 8. The van der Waals surface area contributed by atoms with Gasteiger partial charge in [-0.05, 0) is 25.0 Å². The molecule has 0 bridgehead atoms. The standard InChI is InChI=1S/C16H12N8/c1-2-4-13-11(3-1)15-19-20-16(24(15)14-7-17-9-22(13)14)23-8-12(18-21-23)10-5-6-10/h1-4,7-10H,5-6H2. The van der Waals surface area contributed by atoms with Crippen LogP contribution in [0.2, 0.25) is 0 Å². The van der Waals surface area contributed by atoms with Crippen LogP contribution in [0.1, 0.15) is 24.5 Å². The lowest BCUT2D eigenvalue weighted by Gasteiger charge is -2.06. The second kappa shape index (κ2) is 4.16. The van der Waals surface area contributed by atoms with E-state index in [-0.39, 0.29) is 0 Å². The molecule has 24 heavy (non-hydrogen) atoms. The molecule has 8 heteroatoms. The molecule has 0 spiro atoms. The maximum Gasteiger partial charge on any atom is 0.259 e. The first-order valence-corrected chi connectivity index (χ1v) is 7.91. The zero-order valence-electron chi connectivity index (χ0n) is 12.6. The van der Waals surface area contributed by atoms with Gasteiger partial charge >= 0.3 is 0 Å². The van der Waals surface area contributed by atoms with E-state index < -0.39 is 0 Å². The lowest BCUT2D eigenvalue weighted by atomic mass is 10.2. The van der Waals surface area contributed by atoms with Crippen molar-refractivity contribution in [2.45, 2.75) is 18.8 Å². The van der Waals surface area contributed by atoms with Crippen molar-refractivity contribution < 1.29 is 0 Å². The van der Waals surface area contributed by atoms with Crippen LogP contribution < -0.4 is 0 Å². The SMILES string of the molecule is c1ccc2c(c1)c1nnc(-n3cc(C4CC4)nn3)n1c1cncn21. The molecular formula is C16H12N8. The van der Waals surface area contributed by atoms with E-state index >= 15 is 0 Å². The molecule has 1 aliphatic carbocycles. The third-order valence-electron chi connectivity index (χ3n) is 4.61. The van der Waals surface area contributed by atoms with Crippen LogP contribution in [-0.2, 0) is 0 Å². The first-order valence-electron chi connectivity index (χ1n) is 7.91. The summed E-state index contributed by atoms with van der Waals surface area (Å²) < 4.78 is 5.71. The van der Waals surface area contributed by atoms with Crippen LogP contribution in [0.3, 0.4) is 0 Å². The highest BCUT2D eigenvalue weighted by molar-refractivity contribution is 5.94. The lowest BCUT2D eigenvalue weighted by molar-refractivity contribution is 0.746. The molecule has 1 aromatic carbocycles. The molecule has 0 saturated heterocycles. The van der Waals surface area contributed by atoms with E-state index in [2.05, 4.69) is 31.6 Å². The van der Waals surface area contributed by atoms with E-state index in [1.165, 1.54) is 12.8 Å². The van der Waals surface area contributed by atoms with Gasteiger partial charge in [-0.2, -0.15) is 4.68 Å². The Kier molecular flexibility index (Phi) is 2.11. The molecule has 1 saturated carbocycles. The summed E-state index contributed by atoms with van der Waals surface area (Å²) in [5.41, 5.74) is 3.76. The van der Waals surface area contributed by atoms with E-state index in [0.717, 1.165) is 27.9 Å². The number of para-hydroxylation sites is 1. The predicted octanol–water partition coefficient (Wildman–Crippen LogP) is 1.99. The molecule has 8 nitrogen and oxygen atoms in total. The Morgan fingerprint density at radius 2 is 1.96 bits per heavy atom. The molecule has 0 aliphatic heterocycles. The van der Waals surface area contributed by atoms with Crippen LogP contribution in [0.15, 0.2) is 43.0 Å². The molecule has 0 N–H and O–H groups in total. The number of imidazole rings is 1. The van der Waals surface area contributed by atoms with Gasteiger partial charge in [0, 0.05) is 11.3 Å².